The molecular formula is CH2Cl2Cu. The van der Waals surface area contributed by atoms with Crippen molar-refractivity contribution >= 4 is 21.7 Å². The third-order valence-electron chi connectivity index (χ3n) is 0. The van der Waals surface area contributed by atoms with Gasteiger partial charge in [0.2, 0.25) is 0 Å². The van der Waals surface area contributed by atoms with Crippen LogP contribution in [0.25, 0.3) is 0 Å². The van der Waals surface area contributed by atoms with Crippen molar-refractivity contribution in [3.05, 3.63) is 6.38 Å². The molecule has 0 aliphatic carbocycles. The van der Waals surface area contributed by atoms with Crippen molar-refractivity contribution in [2.45, 2.75) is 0 Å². The summed E-state index contributed by atoms with van der Waals surface area (Å²) in [5.74, 6) is 0. The fourth-order valence-electron chi connectivity index (χ4n) is 0. The molecule has 0 saturated heterocycles. The van der Waals surface area contributed by atoms with Crippen molar-refractivity contribution in [1.29, 1.82) is 0 Å². The Bertz CT molecular complexity index is 6.00. The Labute approximate surface area is 43.5 Å². The molecule has 0 saturated carbocycles. The van der Waals surface area contributed by atoms with Gasteiger partial charge in [0, 0.05) is 0 Å². The van der Waals surface area contributed by atoms with Gasteiger partial charge in [0.15, 0.2) is 0 Å². The summed E-state index contributed by atoms with van der Waals surface area (Å²) < 4.78 is 0. The molecule has 0 unspecified atom stereocenters. The zero-order valence-corrected chi connectivity index (χ0v) is 4.22. The third-order valence-corrected chi connectivity index (χ3v) is 0. The van der Waals surface area contributed by atoms with Crippen molar-refractivity contribution in [3.8, 4) is 0 Å². The molecule has 0 aromatic rings. The van der Waals surface area contributed by atoms with E-state index in [-0.39, 0.29) is 0 Å². The van der Waals surface area contributed by atoms with Crippen LogP contribution in [0.15, 0.2) is 0 Å². The summed E-state index contributed by atoms with van der Waals surface area (Å²) in [6.45, 7) is 0. The summed E-state index contributed by atoms with van der Waals surface area (Å²) in [6, 6.07) is 0. The summed E-state index contributed by atoms with van der Waals surface area (Å²) in [5, 5.41) is 0. The standard InChI is InChI=1S/CH2Cl.ClH.Cu/c1-2;;/h1H2;1H;/q-1;;+2/p-1. The van der Waals surface area contributed by atoms with Gasteiger partial charge in [-0.25, -0.2) is 0 Å². The van der Waals surface area contributed by atoms with Crippen LogP contribution in [0.3, 0.4) is 0 Å². The molecule has 0 rings (SSSR count). The van der Waals surface area contributed by atoms with E-state index in [2.05, 4.69) is 43.2 Å². The van der Waals surface area contributed by atoms with E-state index in [1.165, 1.54) is 0 Å². The van der Waals surface area contributed by atoms with Crippen LogP contribution in [0.5, 0.6) is 0 Å². The molecule has 0 aromatic heterocycles. The maximum absolute atomic E-state index is 4.39. The van der Waals surface area contributed by atoms with Crippen LogP contribution in [0.4, 0.5) is 0 Å². The minimum atomic E-state index is 2.72. The average molecular weight is 148 g/mol. The molecule has 0 fully saturated rings. The molecule has 0 heterocycles. The Morgan fingerprint density at radius 2 is 1.25 bits per heavy atom. The van der Waals surface area contributed by atoms with E-state index in [1.807, 2.05) is 0 Å². The second-order valence-electron chi connectivity index (χ2n) is 0. The van der Waals surface area contributed by atoms with Gasteiger partial charge in [0.05, 0.1) is 0 Å². The monoisotopic (exact) mass is 147 g/mol. The normalized spacial score (nSPS) is 3.25. The van der Waals surface area contributed by atoms with Crippen molar-refractivity contribution in [2.75, 3.05) is 0 Å². The SMILES string of the molecule is [CH2-]Cl.[Cl][Cu+]. The summed E-state index contributed by atoms with van der Waals surface area (Å²) in [7, 11) is 4.20. The van der Waals surface area contributed by atoms with Crippen LogP contribution >= 0.6 is 21.7 Å². The molecule has 0 spiro atoms. The van der Waals surface area contributed by atoms with Gasteiger partial charge in [-0.2, -0.15) is 0 Å². The van der Waals surface area contributed by atoms with Gasteiger partial charge in [-0.15, -0.1) is 0 Å². The summed E-state index contributed by atoms with van der Waals surface area (Å²) in [4.78, 5) is 0. The fraction of sp³-hybridized carbons (Fsp3) is 0. The van der Waals surface area contributed by atoms with Crippen LogP contribution in [0, 0.1) is 6.38 Å². The van der Waals surface area contributed by atoms with E-state index >= 15 is 0 Å². The van der Waals surface area contributed by atoms with Crippen LogP contribution in [-0.2, 0) is 15.1 Å². The quantitative estimate of drug-likeness (QED) is 0.362. The van der Waals surface area contributed by atoms with Gasteiger partial charge in [-0.3, -0.25) is 6.38 Å². The van der Waals surface area contributed by atoms with Crippen LogP contribution < -0.4 is 0 Å². The Hall–Kier alpha value is 1.10. The molecule has 0 bridgehead atoms. The van der Waals surface area contributed by atoms with Crippen LogP contribution in [0.1, 0.15) is 0 Å². The van der Waals surface area contributed by atoms with E-state index in [9.17, 15) is 0 Å². The molecule has 0 radical (unpaired) electrons. The summed E-state index contributed by atoms with van der Waals surface area (Å²) in [6.07, 6.45) is 2.72. The number of hydrogen-bond donors (Lipinski definition) is 0. The fourth-order valence-corrected chi connectivity index (χ4v) is 0. The molecule has 0 aliphatic rings. The Balaban J connectivity index is 0. The number of hydrogen-bond acceptors (Lipinski definition) is 0. The summed E-state index contributed by atoms with van der Waals surface area (Å²) >= 11 is 8.05. The maximum atomic E-state index is 4.39. The van der Waals surface area contributed by atoms with Crippen molar-refractivity contribution in [3.63, 3.8) is 0 Å². The molecule has 31 valence electrons. The Morgan fingerprint density at radius 1 is 1.25 bits per heavy atom. The topological polar surface area (TPSA) is 0 Å². The molecule has 4 heavy (non-hydrogen) atoms. The molecule has 3 heteroatoms. The van der Waals surface area contributed by atoms with Gasteiger partial charge >= 0.3 is 25.2 Å². The molecule has 0 N–H and O–H groups in total. The van der Waals surface area contributed by atoms with Gasteiger partial charge in [-0.05, 0) is 0 Å². The Kier molecular flexibility index (Phi) is 72.7. The van der Waals surface area contributed by atoms with Gasteiger partial charge in [0.25, 0.3) is 0 Å². The molecule has 0 aliphatic heterocycles. The van der Waals surface area contributed by atoms with E-state index < -0.39 is 0 Å². The van der Waals surface area contributed by atoms with Crippen molar-refractivity contribution < 1.29 is 15.1 Å². The zero-order valence-electron chi connectivity index (χ0n) is 1.76. The van der Waals surface area contributed by atoms with Crippen LogP contribution in [0.2, 0.25) is 0 Å². The van der Waals surface area contributed by atoms with E-state index in [0.717, 1.165) is 0 Å². The second kappa shape index (κ2) is 32.6. The van der Waals surface area contributed by atoms with Crippen molar-refractivity contribution in [1.82, 2.24) is 0 Å². The molecule has 0 nitrogen and oxygen atoms in total. The first-order valence-corrected chi connectivity index (χ1v) is 2.21. The molecule has 0 atom stereocenters. The third kappa shape index (κ3) is 11.3. The van der Waals surface area contributed by atoms with Crippen molar-refractivity contribution in [2.24, 2.45) is 0 Å². The first-order valence-electron chi connectivity index (χ1n) is 0.381. The predicted molar refractivity (Wildman–Crippen MR) is 17.1 cm³/mol. The van der Waals surface area contributed by atoms with E-state index in [4.69, 9.17) is 0 Å². The van der Waals surface area contributed by atoms with Gasteiger partial charge in [-0.1, -0.05) is 0 Å². The minimum absolute atomic E-state index is 2.72. The first-order chi connectivity index (χ1) is 2.00. The van der Waals surface area contributed by atoms with Gasteiger partial charge in [0.1, 0.15) is 0 Å². The Morgan fingerprint density at radius 3 is 1.25 bits per heavy atom. The zero-order chi connectivity index (χ0) is 4.00. The van der Waals surface area contributed by atoms with E-state index in [0.29, 0.717) is 0 Å². The predicted octanol–water partition coefficient (Wildman–Crippen LogP) is 1.70. The molecule has 0 amide bonds. The number of rotatable bonds is 0. The summed E-state index contributed by atoms with van der Waals surface area (Å²) in [5.41, 5.74) is 0. The van der Waals surface area contributed by atoms with E-state index in [1.54, 1.807) is 0 Å². The average Bonchev–Trinajstić information content (AvgIpc) is 1.50. The second-order valence-corrected chi connectivity index (χ2v) is 0. The van der Waals surface area contributed by atoms with Gasteiger partial charge < -0.3 is 11.6 Å². The first kappa shape index (κ1) is 8.92. The molecular weight excluding hydrogens is 146 g/mol. The van der Waals surface area contributed by atoms with Crippen LogP contribution in [-0.4, -0.2) is 0 Å². The number of halogens is 2. The molecule has 0 aromatic carbocycles.